The molecule has 1 atom stereocenters. The first-order valence-electron chi connectivity index (χ1n) is 4.65. The maximum atomic E-state index is 11.8. The van der Waals surface area contributed by atoms with E-state index in [4.69, 9.17) is 12.2 Å². The summed E-state index contributed by atoms with van der Waals surface area (Å²) in [6.45, 7) is 4.38. The molecule has 2 rings (SSSR count). The van der Waals surface area contributed by atoms with Gasteiger partial charge in [-0.25, -0.2) is 0 Å². The lowest BCUT2D eigenvalue weighted by Gasteiger charge is -2.40. The molecule has 1 amide bonds. The molecule has 78 valence electrons. The number of amides is 1. The Kier molecular flexibility index (Phi) is 2.27. The van der Waals surface area contributed by atoms with Crippen LogP contribution in [0.3, 0.4) is 0 Å². The maximum absolute atomic E-state index is 11.8. The number of thiocarbonyl (C=S) groups is 1. The molecule has 2 N–H and O–H groups in total. The van der Waals surface area contributed by atoms with Crippen molar-refractivity contribution in [2.24, 2.45) is 5.41 Å². The molecule has 1 spiro atoms. The first-order valence-corrected chi connectivity index (χ1v) is 6.21. The minimum atomic E-state index is -0.441. The second-order valence-electron chi connectivity index (χ2n) is 4.82. The molecule has 2 heterocycles. The van der Waals surface area contributed by atoms with Gasteiger partial charge in [0.15, 0.2) is 5.11 Å². The van der Waals surface area contributed by atoms with Crippen molar-refractivity contribution in [3.05, 3.63) is 0 Å². The smallest absolute Gasteiger partial charge is 0.252 e. The number of thioether (sulfide) groups is 1. The lowest BCUT2D eigenvalue weighted by atomic mass is 9.80. The van der Waals surface area contributed by atoms with E-state index in [0.29, 0.717) is 5.11 Å². The molecule has 5 heteroatoms. The fourth-order valence-corrected chi connectivity index (χ4v) is 3.87. The van der Waals surface area contributed by atoms with E-state index in [0.717, 1.165) is 17.9 Å². The Labute approximate surface area is 93.4 Å². The molecule has 2 fully saturated rings. The zero-order valence-corrected chi connectivity index (χ0v) is 9.98. The van der Waals surface area contributed by atoms with E-state index < -0.39 is 5.54 Å². The van der Waals surface area contributed by atoms with Crippen LogP contribution in [0.25, 0.3) is 0 Å². The molecule has 1 unspecified atom stereocenters. The van der Waals surface area contributed by atoms with Gasteiger partial charge in [-0.1, -0.05) is 13.8 Å². The van der Waals surface area contributed by atoms with Crippen LogP contribution < -0.4 is 10.6 Å². The predicted octanol–water partition coefficient (Wildman–Crippen LogP) is 0.893. The van der Waals surface area contributed by atoms with Crippen LogP contribution in [0.2, 0.25) is 0 Å². The van der Waals surface area contributed by atoms with Crippen molar-refractivity contribution in [3.63, 3.8) is 0 Å². The largest absolute Gasteiger partial charge is 0.347 e. The van der Waals surface area contributed by atoms with Gasteiger partial charge in [-0.2, -0.15) is 11.8 Å². The summed E-state index contributed by atoms with van der Waals surface area (Å²) in [5, 5.41) is 6.29. The Morgan fingerprint density at radius 3 is 2.64 bits per heavy atom. The Bertz CT molecular complexity index is 303. The second kappa shape index (κ2) is 3.10. The summed E-state index contributed by atoms with van der Waals surface area (Å²) in [4.78, 5) is 11.8. The molecule has 0 aliphatic carbocycles. The molecule has 3 nitrogen and oxygen atoms in total. The van der Waals surface area contributed by atoms with Crippen LogP contribution in [0, 0.1) is 5.41 Å². The molecule has 0 bridgehead atoms. The van der Waals surface area contributed by atoms with Gasteiger partial charge in [-0.05, 0) is 29.8 Å². The lowest BCUT2D eigenvalue weighted by Crippen LogP contribution is -2.54. The van der Waals surface area contributed by atoms with Gasteiger partial charge >= 0.3 is 0 Å². The summed E-state index contributed by atoms with van der Waals surface area (Å²) in [6, 6.07) is 0. The zero-order chi connectivity index (χ0) is 10.4. The fourth-order valence-electron chi connectivity index (χ4n) is 2.17. The van der Waals surface area contributed by atoms with Gasteiger partial charge in [0, 0.05) is 5.75 Å². The second-order valence-corrected chi connectivity index (χ2v) is 6.22. The molecule has 0 saturated carbocycles. The number of carbonyl (C=O) groups excluding carboxylic acids is 1. The van der Waals surface area contributed by atoms with Crippen molar-refractivity contribution in [1.82, 2.24) is 10.6 Å². The van der Waals surface area contributed by atoms with Gasteiger partial charge in [-0.15, -0.1) is 0 Å². The minimum absolute atomic E-state index is 0.0442. The highest BCUT2D eigenvalue weighted by Gasteiger charge is 2.50. The highest BCUT2D eigenvalue weighted by Crippen LogP contribution is 2.40. The van der Waals surface area contributed by atoms with Gasteiger partial charge in [-0.3, -0.25) is 4.79 Å². The molecule has 0 aromatic heterocycles. The Hall–Kier alpha value is -0.290. The SMILES string of the molecule is CC1(C)CSCC2(C1)NC(=S)NC2=O. The maximum Gasteiger partial charge on any atom is 0.252 e. The van der Waals surface area contributed by atoms with Crippen molar-refractivity contribution < 1.29 is 4.79 Å². The zero-order valence-electron chi connectivity index (χ0n) is 8.35. The average Bonchev–Trinajstić information content (AvgIpc) is 2.24. The van der Waals surface area contributed by atoms with Crippen molar-refractivity contribution in [2.45, 2.75) is 25.8 Å². The Balaban J connectivity index is 2.24. The van der Waals surface area contributed by atoms with Crippen molar-refractivity contribution >= 4 is 35.0 Å². The first kappa shape index (κ1) is 10.2. The molecule has 2 aliphatic rings. The third kappa shape index (κ3) is 1.63. The normalized spacial score (nSPS) is 35.6. The van der Waals surface area contributed by atoms with Gasteiger partial charge in [0.25, 0.3) is 5.91 Å². The molecule has 2 saturated heterocycles. The summed E-state index contributed by atoms with van der Waals surface area (Å²) in [6.07, 6.45) is 0.860. The van der Waals surface area contributed by atoms with Crippen LogP contribution >= 0.6 is 24.0 Å². The standard InChI is InChI=1S/C9H14N2OS2/c1-8(2)3-9(5-14-4-8)6(12)10-7(13)11-9/h3-5H2,1-2H3,(H2,10,11,12,13). The predicted molar refractivity (Wildman–Crippen MR) is 62.3 cm³/mol. The first-order chi connectivity index (χ1) is 6.44. The quantitative estimate of drug-likeness (QED) is 0.607. The summed E-state index contributed by atoms with van der Waals surface area (Å²) in [7, 11) is 0. The molecule has 2 aliphatic heterocycles. The van der Waals surface area contributed by atoms with E-state index in [1.807, 2.05) is 11.8 Å². The number of nitrogens with one attached hydrogen (secondary N) is 2. The van der Waals surface area contributed by atoms with E-state index in [9.17, 15) is 4.79 Å². The molecule has 0 aromatic rings. The topological polar surface area (TPSA) is 41.1 Å². The van der Waals surface area contributed by atoms with Gasteiger partial charge in [0.1, 0.15) is 5.54 Å². The van der Waals surface area contributed by atoms with E-state index in [1.54, 1.807) is 0 Å². The lowest BCUT2D eigenvalue weighted by molar-refractivity contribution is -0.124. The van der Waals surface area contributed by atoms with Crippen molar-refractivity contribution in [1.29, 1.82) is 0 Å². The minimum Gasteiger partial charge on any atom is -0.347 e. The Morgan fingerprint density at radius 1 is 1.43 bits per heavy atom. The van der Waals surface area contributed by atoms with Crippen LogP contribution in [-0.4, -0.2) is 28.1 Å². The highest BCUT2D eigenvalue weighted by molar-refractivity contribution is 7.99. The summed E-state index contributed by atoms with van der Waals surface area (Å²) in [5.74, 6) is 1.97. The molecular formula is C9H14N2OS2. The Morgan fingerprint density at radius 2 is 2.14 bits per heavy atom. The van der Waals surface area contributed by atoms with E-state index in [2.05, 4.69) is 24.5 Å². The van der Waals surface area contributed by atoms with Gasteiger partial charge in [0.2, 0.25) is 0 Å². The number of hydrogen-bond donors (Lipinski definition) is 2. The third-order valence-electron chi connectivity index (χ3n) is 2.64. The number of hydrogen-bond acceptors (Lipinski definition) is 3. The van der Waals surface area contributed by atoms with E-state index in [1.165, 1.54) is 0 Å². The van der Waals surface area contributed by atoms with Crippen molar-refractivity contribution in [3.8, 4) is 0 Å². The molecule has 14 heavy (non-hydrogen) atoms. The molecular weight excluding hydrogens is 216 g/mol. The average molecular weight is 230 g/mol. The van der Waals surface area contributed by atoms with Crippen LogP contribution in [0.4, 0.5) is 0 Å². The van der Waals surface area contributed by atoms with E-state index >= 15 is 0 Å². The number of rotatable bonds is 0. The van der Waals surface area contributed by atoms with Crippen molar-refractivity contribution in [2.75, 3.05) is 11.5 Å². The van der Waals surface area contributed by atoms with Gasteiger partial charge in [0.05, 0.1) is 0 Å². The monoisotopic (exact) mass is 230 g/mol. The molecule has 0 aromatic carbocycles. The van der Waals surface area contributed by atoms with Crippen LogP contribution in [0.15, 0.2) is 0 Å². The summed E-state index contributed by atoms with van der Waals surface area (Å²) >= 11 is 6.79. The summed E-state index contributed by atoms with van der Waals surface area (Å²) in [5.41, 5.74) is -0.239. The van der Waals surface area contributed by atoms with E-state index in [-0.39, 0.29) is 11.3 Å². The highest BCUT2D eigenvalue weighted by atomic mass is 32.2. The number of carbonyl (C=O) groups is 1. The van der Waals surface area contributed by atoms with Crippen LogP contribution in [0.5, 0.6) is 0 Å². The summed E-state index contributed by atoms with van der Waals surface area (Å²) < 4.78 is 0. The fraction of sp³-hybridized carbons (Fsp3) is 0.778. The molecule has 0 radical (unpaired) electrons. The van der Waals surface area contributed by atoms with Crippen LogP contribution in [-0.2, 0) is 4.79 Å². The third-order valence-corrected chi connectivity index (χ3v) is 4.52. The van der Waals surface area contributed by atoms with Crippen LogP contribution in [0.1, 0.15) is 20.3 Å². The van der Waals surface area contributed by atoms with Gasteiger partial charge < -0.3 is 10.6 Å².